The standard InChI is InChI=1S/C14H19ClN4/c1-18(2)11(9-16)12-13(15)19(3)14(17-12)10-7-5-4-6-8-10/h4-8,11H,9,16H2,1-3H3. The van der Waals surface area contributed by atoms with E-state index in [0.29, 0.717) is 11.7 Å². The molecule has 5 heteroatoms. The molecule has 1 aromatic carbocycles. The number of aromatic nitrogens is 2. The van der Waals surface area contributed by atoms with Gasteiger partial charge in [0, 0.05) is 19.2 Å². The Labute approximate surface area is 118 Å². The summed E-state index contributed by atoms with van der Waals surface area (Å²) >= 11 is 6.40. The van der Waals surface area contributed by atoms with E-state index in [0.717, 1.165) is 17.1 Å². The Bertz CT molecular complexity index is 548. The predicted octanol–water partition coefficient (Wildman–Crippen LogP) is 2.30. The van der Waals surface area contributed by atoms with Crippen LogP contribution in [0.25, 0.3) is 11.4 Å². The fourth-order valence-corrected chi connectivity index (χ4v) is 2.37. The van der Waals surface area contributed by atoms with Crippen LogP contribution >= 0.6 is 11.6 Å². The fourth-order valence-electron chi connectivity index (χ4n) is 2.12. The third kappa shape index (κ3) is 2.66. The van der Waals surface area contributed by atoms with E-state index in [9.17, 15) is 0 Å². The van der Waals surface area contributed by atoms with E-state index in [4.69, 9.17) is 17.3 Å². The molecule has 0 radical (unpaired) electrons. The third-order valence-electron chi connectivity index (χ3n) is 3.24. The Morgan fingerprint density at radius 3 is 2.47 bits per heavy atom. The molecule has 102 valence electrons. The van der Waals surface area contributed by atoms with Gasteiger partial charge in [0.1, 0.15) is 11.0 Å². The first-order chi connectivity index (χ1) is 9.06. The van der Waals surface area contributed by atoms with Gasteiger partial charge in [-0.15, -0.1) is 0 Å². The van der Waals surface area contributed by atoms with Crippen molar-refractivity contribution >= 4 is 11.6 Å². The maximum Gasteiger partial charge on any atom is 0.141 e. The van der Waals surface area contributed by atoms with E-state index in [1.54, 1.807) is 0 Å². The van der Waals surface area contributed by atoms with Crippen LogP contribution in [-0.4, -0.2) is 35.1 Å². The lowest BCUT2D eigenvalue weighted by Crippen LogP contribution is -2.27. The Balaban J connectivity index is 2.50. The van der Waals surface area contributed by atoms with Crippen molar-refractivity contribution in [1.82, 2.24) is 14.5 Å². The number of hydrogen-bond acceptors (Lipinski definition) is 3. The van der Waals surface area contributed by atoms with Crippen molar-refractivity contribution in [3.63, 3.8) is 0 Å². The Kier molecular flexibility index (Phi) is 4.24. The number of hydrogen-bond donors (Lipinski definition) is 1. The summed E-state index contributed by atoms with van der Waals surface area (Å²) in [5, 5.41) is 0.642. The van der Waals surface area contributed by atoms with E-state index in [-0.39, 0.29) is 6.04 Å². The first-order valence-corrected chi connectivity index (χ1v) is 6.58. The van der Waals surface area contributed by atoms with Gasteiger partial charge < -0.3 is 10.3 Å². The summed E-state index contributed by atoms with van der Waals surface area (Å²) in [5.41, 5.74) is 7.70. The summed E-state index contributed by atoms with van der Waals surface area (Å²) in [6.07, 6.45) is 0. The smallest absolute Gasteiger partial charge is 0.141 e. The second kappa shape index (κ2) is 5.74. The Hall–Kier alpha value is -1.36. The zero-order chi connectivity index (χ0) is 14.0. The van der Waals surface area contributed by atoms with Gasteiger partial charge in [0.05, 0.1) is 11.7 Å². The third-order valence-corrected chi connectivity index (χ3v) is 3.69. The zero-order valence-corrected chi connectivity index (χ0v) is 12.2. The van der Waals surface area contributed by atoms with Crippen LogP contribution in [-0.2, 0) is 7.05 Å². The summed E-state index contributed by atoms with van der Waals surface area (Å²) < 4.78 is 1.90. The maximum atomic E-state index is 6.40. The van der Waals surface area contributed by atoms with Gasteiger partial charge in [0.25, 0.3) is 0 Å². The molecule has 0 aliphatic heterocycles. The Morgan fingerprint density at radius 1 is 1.32 bits per heavy atom. The number of rotatable bonds is 4. The van der Waals surface area contributed by atoms with Gasteiger partial charge in [0.15, 0.2) is 0 Å². The molecule has 1 heterocycles. The van der Waals surface area contributed by atoms with Crippen LogP contribution in [0.5, 0.6) is 0 Å². The SMILES string of the molecule is CN(C)C(CN)c1nc(-c2ccccc2)n(C)c1Cl. The summed E-state index contributed by atoms with van der Waals surface area (Å²) in [4.78, 5) is 6.71. The first kappa shape index (κ1) is 14.1. The lowest BCUT2D eigenvalue weighted by atomic mass is 10.2. The number of likely N-dealkylation sites (N-methyl/N-ethyl adjacent to an activating group) is 1. The van der Waals surface area contributed by atoms with E-state index in [2.05, 4.69) is 4.98 Å². The summed E-state index contributed by atoms with van der Waals surface area (Å²) in [6, 6.07) is 10.0. The van der Waals surface area contributed by atoms with E-state index < -0.39 is 0 Å². The molecule has 2 N–H and O–H groups in total. The topological polar surface area (TPSA) is 47.1 Å². The number of halogens is 1. The van der Waals surface area contributed by atoms with Gasteiger partial charge >= 0.3 is 0 Å². The van der Waals surface area contributed by atoms with Crippen molar-refractivity contribution in [2.45, 2.75) is 6.04 Å². The van der Waals surface area contributed by atoms with Crippen LogP contribution in [0, 0.1) is 0 Å². The van der Waals surface area contributed by atoms with Crippen LogP contribution in [0.3, 0.4) is 0 Å². The molecule has 0 fully saturated rings. The molecule has 4 nitrogen and oxygen atoms in total. The van der Waals surface area contributed by atoms with Gasteiger partial charge in [0.2, 0.25) is 0 Å². The normalized spacial score (nSPS) is 12.9. The minimum atomic E-state index is 0.0242. The summed E-state index contributed by atoms with van der Waals surface area (Å²) in [7, 11) is 5.87. The van der Waals surface area contributed by atoms with Gasteiger partial charge in [-0.1, -0.05) is 41.9 Å². The van der Waals surface area contributed by atoms with E-state index in [1.165, 1.54) is 0 Å². The lowest BCUT2D eigenvalue weighted by molar-refractivity contribution is 0.301. The van der Waals surface area contributed by atoms with Crippen molar-refractivity contribution in [1.29, 1.82) is 0 Å². The highest BCUT2D eigenvalue weighted by atomic mass is 35.5. The van der Waals surface area contributed by atoms with E-state index in [1.807, 2.05) is 60.9 Å². The molecule has 19 heavy (non-hydrogen) atoms. The lowest BCUT2D eigenvalue weighted by Gasteiger charge is -2.20. The van der Waals surface area contributed by atoms with Gasteiger partial charge in [-0.25, -0.2) is 4.98 Å². The van der Waals surface area contributed by atoms with Crippen LogP contribution in [0.15, 0.2) is 30.3 Å². The van der Waals surface area contributed by atoms with Crippen molar-refractivity contribution in [3.8, 4) is 11.4 Å². The van der Waals surface area contributed by atoms with Gasteiger partial charge in [-0.3, -0.25) is 4.90 Å². The summed E-state index contributed by atoms with van der Waals surface area (Å²) in [5.74, 6) is 0.862. The first-order valence-electron chi connectivity index (χ1n) is 6.20. The largest absolute Gasteiger partial charge is 0.329 e. The quantitative estimate of drug-likeness (QED) is 0.934. The molecular formula is C14H19ClN4. The number of nitrogens with zero attached hydrogens (tertiary/aromatic N) is 3. The highest BCUT2D eigenvalue weighted by Crippen LogP contribution is 2.29. The number of imidazole rings is 1. The highest BCUT2D eigenvalue weighted by Gasteiger charge is 2.22. The van der Waals surface area contributed by atoms with Crippen molar-refractivity contribution in [2.75, 3.05) is 20.6 Å². The predicted molar refractivity (Wildman–Crippen MR) is 79.1 cm³/mol. The molecule has 1 atom stereocenters. The van der Waals surface area contributed by atoms with Crippen LogP contribution < -0.4 is 5.73 Å². The molecule has 0 aliphatic rings. The fraction of sp³-hybridized carbons (Fsp3) is 0.357. The minimum Gasteiger partial charge on any atom is -0.329 e. The second-order valence-electron chi connectivity index (χ2n) is 4.75. The average molecular weight is 279 g/mol. The molecule has 0 aliphatic carbocycles. The average Bonchev–Trinajstić information content (AvgIpc) is 2.69. The molecule has 2 aromatic rings. The molecule has 0 saturated carbocycles. The van der Waals surface area contributed by atoms with Crippen molar-refractivity contribution in [2.24, 2.45) is 12.8 Å². The monoisotopic (exact) mass is 278 g/mol. The maximum absolute atomic E-state index is 6.40. The van der Waals surface area contributed by atoms with Crippen LogP contribution in [0.4, 0.5) is 0 Å². The summed E-state index contributed by atoms with van der Waals surface area (Å²) in [6.45, 7) is 0.484. The molecule has 1 unspecified atom stereocenters. The van der Waals surface area contributed by atoms with Crippen LogP contribution in [0.2, 0.25) is 5.15 Å². The minimum absolute atomic E-state index is 0.0242. The molecule has 2 rings (SSSR count). The highest BCUT2D eigenvalue weighted by molar-refractivity contribution is 6.30. The Morgan fingerprint density at radius 2 is 1.95 bits per heavy atom. The van der Waals surface area contributed by atoms with Crippen molar-refractivity contribution in [3.05, 3.63) is 41.2 Å². The molecule has 0 amide bonds. The number of nitrogens with two attached hydrogens (primary N) is 1. The molecule has 0 spiro atoms. The second-order valence-corrected chi connectivity index (χ2v) is 5.11. The number of benzene rings is 1. The van der Waals surface area contributed by atoms with Gasteiger partial charge in [-0.05, 0) is 14.1 Å². The molecular weight excluding hydrogens is 260 g/mol. The van der Waals surface area contributed by atoms with Crippen molar-refractivity contribution < 1.29 is 0 Å². The molecule has 1 aromatic heterocycles. The van der Waals surface area contributed by atoms with Gasteiger partial charge in [-0.2, -0.15) is 0 Å². The zero-order valence-electron chi connectivity index (χ0n) is 11.5. The van der Waals surface area contributed by atoms with Crippen LogP contribution in [0.1, 0.15) is 11.7 Å². The molecule has 0 saturated heterocycles. The molecule has 0 bridgehead atoms. The van der Waals surface area contributed by atoms with E-state index >= 15 is 0 Å².